The first kappa shape index (κ1) is 13.6. The molecule has 0 atom stereocenters. The number of ether oxygens (including phenoxy) is 1. The van der Waals surface area contributed by atoms with E-state index in [1.807, 2.05) is 0 Å². The van der Waals surface area contributed by atoms with Gasteiger partial charge in [0.1, 0.15) is 5.58 Å². The summed E-state index contributed by atoms with van der Waals surface area (Å²) < 4.78 is 10.9. The minimum atomic E-state index is -1.20. The van der Waals surface area contributed by atoms with Crippen LogP contribution in [-0.2, 0) is 16.0 Å². The van der Waals surface area contributed by atoms with Crippen LogP contribution in [0.1, 0.15) is 23.0 Å². The van der Waals surface area contributed by atoms with E-state index in [0.29, 0.717) is 16.5 Å². The number of hydrogen-bond donors (Lipinski definition) is 1. The molecule has 19 heavy (non-hydrogen) atoms. The van der Waals surface area contributed by atoms with Gasteiger partial charge in [-0.25, -0.2) is 4.79 Å². The van der Waals surface area contributed by atoms with Crippen molar-refractivity contribution in [1.29, 1.82) is 0 Å². The Balaban J connectivity index is 2.54. The molecule has 0 aliphatic rings. The molecule has 0 aliphatic carbocycles. The maximum Gasteiger partial charge on any atom is 0.372 e. The number of carbonyl (C=O) groups excluding carboxylic acids is 1. The summed E-state index contributed by atoms with van der Waals surface area (Å²) in [5.41, 5.74) is 0.766. The van der Waals surface area contributed by atoms with Crippen molar-refractivity contribution in [3.8, 4) is 0 Å². The molecule has 1 aromatic heterocycles. The summed E-state index contributed by atoms with van der Waals surface area (Å²) in [6, 6.07) is 5.12. The minimum Gasteiger partial charge on any atom is -0.475 e. The van der Waals surface area contributed by atoms with Crippen LogP contribution in [0.3, 0.4) is 0 Å². The van der Waals surface area contributed by atoms with Gasteiger partial charge in [0.05, 0.1) is 13.0 Å². The zero-order valence-electron chi connectivity index (χ0n) is 10.1. The molecular formula is C13H11BrO5. The lowest BCUT2D eigenvalue weighted by molar-refractivity contribution is -0.142. The molecule has 0 bridgehead atoms. The fourth-order valence-electron chi connectivity index (χ4n) is 1.83. The molecule has 0 saturated carbocycles. The van der Waals surface area contributed by atoms with Crippen molar-refractivity contribution < 1.29 is 23.8 Å². The second kappa shape index (κ2) is 5.44. The highest BCUT2D eigenvalue weighted by Crippen LogP contribution is 2.29. The second-order valence-corrected chi connectivity index (χ2v) is 4.75. The van der Waals surface area contributed by atoms with Gasteiger partial charge in [0.25, 0.3) is 0 Å². The molecule has 0 fully saturated rings. The average molecular weight is 327 g/mol. The van der Waals surface area contributed by atoms with E-state index in [1.54, 1.807) is 25.1 Å². The van der Waals surface area contributed by atoms with Crippen LogP contribution in [0.5, 0.6) is 0 Å². The third kappa shape index (κ3) is 2.78. The zero-order chi connectivity index (χ0) is 14.0. The molecule has 1 N–H and O–H groups in total. The number of aromatic carboxylic acids is 1. The van der Waals surface area contributed by atoms with E-state index in [0.717, 1.165) is 4.47 Å². The van der Waals surface area contributed by atoms with Crippen LogP contribution < -0.4 is 0 Å². The number of carboxylic acids is 1. The largest absolute Gasteiger partial charge is 0.475 e. The van der Waals surface area contributed by atoms with Gasteiger partial charge in [0.15, 0.2) is 0 Å². The lowest BCUT2D eigenvalue weighted by atomic mass is 10.1. The van der Waals surface area contributed by atoms with Crippen molar-refractivity contribution >= 4 is 38.8 Å². The van der Waals surface area contributed by atoms with Crippen molar-refractivity contribution in [2.24, 2.45) is 0 Å². The molecule has 1 aromatic carbocycles. The predicted molar refractivity (Wildman–Crippen MR) is 71.2 cm³/mol. The van der Waals surface area contributed by atoms with Crippen molar-refractivity contribution in [3.63, 3.8) is 0 Å². The monoisotopic (exact) mass is 326 g/mol. The Bertz CT molecular complexity index is 644. The van der Waals surface area contributed by atoms with Crippen LogP contribution in [0.25, 0.3) is 11.0 Å². The lowest BCUT2D eigenvalue weighted by Gasteiger charge is -2.01. The van der Waals surface area contributed by atoms with Crippen LogP contribution in [0.15, 0.2) is 27.1 Å². The topological polar surface area (TPSA) is 76.7 Å². The van der Waals surface area contributed by atoms with E-state index in [4.69, 9.17) is 14.3 Å². The van der Waals surface area contributed by atoms with Crippen molar-refractivity contribution in [2.45, 2.75) is 13.3 Å². The van der Waals surface area contributed by atoms with Gasteiger partial charge >= 0.3 is 11.9 Å². The zero-order valence-corrected chi connectivity index (χ0v) is 11.7. The van der Waals surface area contributed by atoms with Gasteiger partial charge in [0, 0.05) is 15.4 Å². The first-order valence-electron chi connectivity index (χ1n) is 5.62. The molecule has 1 heterocycles. The molecule has 100 valence electrons. The molecule has 0 radical (unpaired) electrons. The third-order valence-electron chi connectivity index (χ3n) is 2.57. The van der Waals surface area contributed by atoms with Gasteiger partial charge in [-0.2, -0.15) is 0 Å². The van der Waals surface area contributed by atoms with Gasteiger partial charge in [-0.15, -0.1) is 0 Å². The Morgan fingerprint density at radius 2 is 2.16 bits per heavy atom. The summed E-state index contributed by atoms with van der Waals surface area (Å²) in [7, 11) is 0. The number of furan rings is 1. The normalized spacial score (nSPS) is 10.6. The first-order chi connectivity index (χ1) is 9.02. The molecule has 5 nitrogen and oxygen atoms in total. The van der Waals surface area contributed by atoms with Gasteiger partial charge in [-0.1, -0.05) is 15.9 Å². The quantitative estimate of drug-likeness (QED) is 0.874. The van der Waals surface area contributed by atoms with Gasteiger partial charge in [-0.3, -0.25) is 4.79 Å². The highest BCUT2D eigenvalue weighted by Gasteiger charge is 2.22. The van der Waals surface area contributed by atoms with E-state index in [-0.39, 0.29) is 18.8 Å². The molecule has 2 aromatic rings. The van der Waals surface area contributed by atoms with E-state index in [1.165, 1.54) is 0 Å². The summed E-state index contributed by atoms with van der Waals surface area (Å²) >= 11 is 3.30. The minimum absolute atomic E-state index is 0.126. The number of carboxylic acid groups (broad SMARTS) is 1. The summed E-state index contributed by atoms with van der Waals surface area (Å²) in [6.07, 6.45) is -0.126. The van der Waals surface area contributed by atoms with Gasteiger partial charge in [0.2, 0.25) is 5.76 Å². The first-order valence-corrected chi connectivity index (χ1v) is 6.42. The fraction of sp³-hybridized carbons (Fsp3) is 0.231. The SMILES string of the molecule is CCOC(=O)Cc1c(C(=O)O)oc2ccc(Br)cc12. The Labute approximate surface area is 117 Å². The van der Waals surface area contributed by atoms with Crippen molar-refractivity contribution in [2.75, 3.05) is 6.61 Å². The predicted octanol–water partition coefficient (Wildman–Crippen LogP) is 3.00. The number of rotatable bonds is 4. The summed E-state index contributed by atoms with van der Waals surface area (Å²) in [6.45, 7) is 1.95. The van der Waals surface area contributed by atoms with Gasteiger partial charge in [-0.05, 0) is 25.1 Å². The molecule has 6 heteroatoms. The van der Waals surface area contributed by atoms with E-state index < -0.39 is 11.9 Å². The van der Waals surface area contributed by atoms with Crippen LogP contribution in [0, 0.1) is 0 Å². The van der Waals surface area contributed by atoms with Crippen LogP contribution in [0.2, 0.25) is 0 Å². The number of carbonyl (C=O) groups is 2. The number of halogens is 1. The van der Waals surface area contributed by atoms with Gasteiger partial charge < -0.3 is 14.3 Å². The smallest absolute Gasteiger partial charge is 0.372 e. The third-order valence-corrected chi connectivity index (χ3v) is 3.07. The maximum atomic E-state index is 11.5. The summed E-state index contributed by atoms with van der Waals surface area (Å²) in [5.74, 6) is -1.90. The van der Waals surface area contributed by atoms with E-state index in [9.17, 15) is 9.59 Å². The molecule has 0 spiro atoms. The summed E-state index contributed by atoms with van der Waals surface area (Å²) in [4.78, 5) is 22.7. The van der Waals surface area contributed by atoms with E-state index in [2.05, 4.69) is 15.9 Å². The number of fused-ring (bicyclic) bond motifs is 1. The second-order valence-electron chi connectivity index (χ2n) is 3.84. The Hall–Kier alpha value is -1.82. The summed E-state index contributed by atoms with van der Waals surface area (Å²) in [5, 5.41) is 9.72. The molecule has 2 rings (SSSR count). The average Bonchev–Trinajstić information content (AvgIpc) is 2.68. The Morgan fingerprint density at radius 3 is 2.79 bits per heavy atom. The molecular weight excluding hydrogens is 316 g/mol. The maximum absolute atomic E-state index is 11.5. The molecule has 0 unspecified atom stereocenters. The van der Waals surface area contributed by atoms with Crippen molar-refractivity contribution in [3.05, 3.63) is 34.0 Å². The molecule has 0 amide bonds. The highest BCUT2D eigenvalue weighted by molar-refractivity contribution is 9.10. The van der Waals surface area contributed by atoms with Crippen molar-refractivity contribution in [1.82, 2.24) is 0 Å². The number of hydrogen-bond acceptors (Lipinski definition) is 4. The number of esters is 1. The number of benzene rings is 1. The molecule has 0 saturated heterocycles. The lowest BCUT2D eigenvalue weighted by Crippen LogP contribution is -2.10. The molecule has 0 aliphatic heterocycles. The fourth-order valence-corrected chi connectivity index (χ4v) is 2.19. The Kier molecular flexibility index (Phi) is 3.90. The van der Waals surface area contributed by atoms with E-state index >= 15 is 0 Å². The highest BCUT2D eigenvalue weighted by atomic mass is 79.9. The Morgan fingerprint density at radius 1 is 1.42 bits per heavy atom. The van der Waals surface area contributed by atoms with Crippen LogP contribution in [-0.4, -0.2) is 23.7 Å². The van der Waals surface area contributed by atoms with Crippen LogP contribution >= 0.6 is 15.9 Å². The van der Waals surface area contributed by atoms with Crippen LogP contribution in [0.4, 0.5) is 0 Å². The standard InChI is InChI=1S/C13H11BrO5/c1-2-18-11(15)6-9-8-5-7(14)3-4-10(8)19-12(9)13(16)17/h3-5H,2,6H2,1H3,(H,16,17).